The van der Waals surface area contributed by atoms with E-state index in [1.165, 1.54) is 0 Å². The molecule has 1 amide bonds. The lowest BCUT2D eigenvalue weighted by Gasteiger charge is -2.33. The second kappa shape index (κ2) is 4.87. The van der Waals surface area contributed by atoms with Crippen LogP contribution in [-0.4, -0.2) is 35.5 Å². The molecular formula is C17H17NO4. The lowest BCUT2D eigenvalue weighted by molar-refractivity contribution is -0.133. The van der Waals surface area contributed by atoms with Crippen LogP contribution in [0.3, 0.4) is 0 Å². The van der Waals surface area contributed by atoms with E-state index in [1.54, 1.807) is 6.08 Å². The fourth-order valence-electron chi connectivity index (χ4n) is 3.62. The lowest BCUT2D eigenvalue weighted by Crippen LogP contribution is -2.45. The average Bonchev–Trinajstić information content (AvgIpc) is 3.19. The number of amides is 1. The van der Waals surface area contributed by atoms with Gasteiger partial charge in [0.05, 0.1) is 12.0 Å². The summed E-state index contributed by atoms with van der Waals surface area (Å²) in [5, 5.41) is 0. The first kappa shape index (κ1) is 13.4. The standard InChI is InChI=1S/C17H17NO4/c19-13-4-6-17(10-13)5-1-7-18(17)16(20)9-12-2-3-14-15(8-12)22-11-21-14/h2-4,6,8H,1,5,7,9-11H2/t17-/m1/s1. The Morgan fingerprint density at radius 2 is 2.14 bits per heavy atom. The minimum Gasteiger partial charge on any atom is -0.454 e. The Morgan fingerprint density at radius 3 is 2.95 bits per heavy atom. The summed E-state index contributed by atoms with van der Waals surface area (Å²) >= 11 is 0. The Bertz CT molecular complexity index is 681. The zero-order chi connectivity index (χ0) is 15.2. The maximum atomic E-state index is 12.7. The van der Waals surface area contributed by atoms with Gasteiger partial charge in [0, 0.05) is 13.0 Å². The van der Waals surface area contributed by atoms with Crippen LogP contribution in [0.4, 0.5) is 0 Å². The number of hydrogen-bond donors (Lipinski definition) is 0. The van der Waals surface area contributed by atoms with Crippen molar-refractivity contribution in [3.05, 3.63) is 35.9 Å². The minimum absolute atomic E-state index is 0.0655. The molecule has 0 N–H and O–H groups in total. The SMILES string of the molecule is O=C1C=C[C@]2(CCCN2C(=O)Cc2ccc3c(c2)OCO3)C1. The molecular weight excluding hydrogens is 282 g/mol. The van der Waals surface area contributed by atoms with Crippen LogP contribution >= 0.6 is 0 Å². The van der Waals surface area contributed by atoms with Crippen LogP contribution in [0.1, 0.15) is 24.8 Å². The molecule has 0 bridgehead atoms. The van der Waals surface area contributed by atoms with E-state index >= 15 is 0 Å². The van der Waals surface area contributed by atoms with Gasteiger partial charge >= 0.3 is 0 Å². The van der Waals surface area contributed by atoms with Crippen molar-refractivity contribution in [2.45, 2.75) is 31.2 Å². The topological polar surface area (TPSA) is 55.8 Å². The van der Waals surface area contributed by atoms with Gasteiger partial charge in [0.15, 0.2) is 17.3 Å². The number of ether oxygens (including phenoxy) is 2. The summed E-state index contributed by atoms with van der Waals surface area (Å²) in [6, 6.07) is 5.59. The smallest absolute Gasteiger partial charge is 0.231 e. The van der Waals surface area contributed by atoms with Gasteiger partial charge in [-0.05, 0) is 36.6 Å². The third-order valence-electron chi connectivity index (χ3n) is 4.68. The Hall–Kier alpha value is -2.30. The number of likely N-dealkylation sites (tertiary alicyclic amines) is 1. The number of carbonyl (C=O) groups is 2. The number of benzene rings is 1. The maximum absolute atomic E-state index is 12.7. The van der Waals surface area contributed by atoms with Gasteiger partial charge in [-0.2, -0.15) is 0 Å². The van der Waals surface area contributed by atoms with Crippen LogP contribution in [0.25, 0.3) is 0 Å². The molecule has 5 heteroatoms. The van der Waals surface area contributed by atoms with Crippen molar-refractivity contribution in [1.29, 1.82) is 0 Å². The third kappa shape index (κ3) is 2.08. The van der Waals surface area contributed by atoms with Crippen molar-refractivity contribution in [2.24, 2.45) is 0 Å². The molecule has 4 rings (SSSR count). The Kier molecular flexibility index (Phi) is 2.96. The highest BCUT2D eigenvalue weighted by molar-refractivity contribution is 5.95. The van der Waals surface area contributed by atoms with Crippen LogP contribution < -0.4 is 9.47 Å². The predicted molar refractivity (Wildman–Crippen MR) is 78.7 cm³/mol. The van der Waals surface area contributed by atoms with Gasteiger partial charge < -0.3 is 14.4 Å². The second-order valence-electron chi connectivity index (χ2n) is 6.09. The van der Waals surface area contributed by atoms with Crippen molar-refractivity contribution in [3.8, 4) is 11.5 Å². The maximum Gasteiger partial charge on any atom is 0.231 e. The first-order chi connectivity index (χ1) is 10.7. The summed E-state index contributed by atoms with van der Waals surface area (Å²) in [5.74, 6) is 1.59. The van der Waals surface area contributed by atoms with E-state index in [0.29, 0.717) is 18.6 Å². The van der Waals surface area contributed by atoms with Crippen LogP contribution in [0, 0.1) is 0 Å². The Balaban J connectivity index is 1.52. The lowest BCUT2D eigenvalue weighted by atomic mass is 9.95. The average molecular weight is 299 g/mol. The van der Waals surface area contributed by atoms with Gasteiger partial charge in [0.25, 0.3) is 0 Å². The van der Waals surface area contributed by atoms with Crippen molar-refractivity contribution in [3.63, 3.8) is 0 Å². The second-order valence-corrected chi connectivity index (χ2v) is 6.09. The molecule has 1 aromatic carbocycles. The van der Waals surface area contributed by atoms with Crippen LogP contribution in [0.15, 0.2) is 30.4 Å². The van der Waals surface area contributed by atoms with Gasteiger partial charge in [-0.3, -0.25) is 9.59 Å². The van der Waals surface area contributed by atoms with Crippen LogP contribution in [0.2, 0.25) is 0 Å². The van der Waals surface area contributed by atoms with Gasteiger partial charge in [0.1, 0.15) is 0 Å². The highest BCUT2D eigenvalue weighted by Gasteiger charge is 2.45. The highest BCUT2D eigenvalue weighted by Crippen LogP contribution is 2.38. The van der Waals surface area contributed by atoms with Crippen molar-refractivity contribution < 1.29 is 19.1 Å². The summed E-state index contributed by atoms with van der Waals surface area (Å²) in [6.07, 6.45) is 6.11. The molecule has 1 spiro atoms. The number of rotatable bonds is 2. The van der Waals surface area contributed by atoms with E-state index in [2.05, 4.69) is 0 Å². The third-order valence-corrected chi connectivity index (χ3v) is 4.68. The predicted octanol–water partition coefficient (Wildman–Crippen LogP) is 1.85. The molecule has 0 aromatic heterocycles. The molecule has 1 atom stereocenters. The monoisotopic (exact) mass is 299 g/mol. The van der Waals surface area contributed by atoms with E-state index in [0.717, 1.165) is 30.7 Å². The summed E-state index contributed by atoms with van der Waals surface area (Å²) < 4.78 is 10.6. The minimum atomic E-state index is -0.371. The summed E-state index contributed by atoms with van der Waals surface area (Å²) in [7, 11) is 0. The molecule has 114 valence electrons. The normalized spacial score (nSPS) is 25.5. The number of carbonyl (C=O) groups excluding carboxylic acids is 2. The first-order valence-electron chi connectivity index (χ1n) is 7.57. The van der Waals surface area contributed by atoms with Gasteiger partial charge in [-0.25, -0.2) is 0 Å². The largest absolute Gasteiger partial charge is 0.454 e. The summed E-state index contributed by atoms with van der Waals surface area (Å²) in [6.45, 7) is 0.954. The molecule has 1 aromatic rings. The number of hydrogen-bond acceptors (Lipinski definition) is 4. The van der Waals surface area contributed by atoms with E-state index < -0.39 is 0 Å². The van der Waals surface area contributed by atoms with Gasteiger partial charge in [0.2, 0.25) is 12.7 Å². The van der Waals surface area contributed by atoms with Gasteiger partial charge in [-0.1, -0.05) is 12.1 Å². The van der Waals surface area contributed by atoms with E-state index in [4.69, 9.17) is 9.47 Å². The molecule has 2 aliphatic heterocycles. The number of fused-ring (bicyclic) bond motifs is 1. The van der Waals surface area contributed by atoms with E-state index in [-0.39, 0.29) is 24.0 Å². The van der Waals surface area contributed by atoms with Gasteiger partial charge in [-0.15, -0.1) is 0 Å². The molecule has 1 fully saturated rings. The molecule has 0 saturated carbocycles. The molecule has 5 nitrogen and oxygen atoms in total. The van der Waals surface area contributed by atoms with E-state index in [1.807, 2.05) is 29.2 Å². The Labute approximate surface area is 128 Å². The van der Waals surface area contributed by atoms with Crippen LogP contribution in [-0.2, 0) is 16.0 Å². The number of ketones is 1. The summed E-state index contributed by atoms with van der Waals surface area (Å²) in [4.78, 5) is 26.2. The first-order valence-corrected chi connectivity index (χ1v) is 7.57. The zero-order valence-corrected chi connectivity index (χ0v) is 12.2. The molecule has 3 aliphatic rings. The quantitative estimate of drug-likeness (QED) is 0.836. The fraction of sp³-hybridized carbons (Fsp3) is 0.412. The number of allylic oxidation sites excluding steroid dienone is 1. The molecule has 1 saturated heterocycles. The number of nitrogens with zero attached hydrogens (tertiary/aromatic N) is 1. The van der Waals surface area contributed by atoms with Crippen molar-refractivity contribution in [2.75, 3.05) is 13.3 Å². The molecule has 0 unspecified atom stereocenters. The highest BCUT2D eigenvalue weighted by atomic mass is 16.7. The Morgan fingerprint density at radius 1 is 1.27 bits per heavy atom. The fourth-order valence-corrected chi connectivity index (χ4v) is 3.62. The molecule has 2 heterocycles. The van der Waals surface area contributed by atoms with Crippen molar-refractivity contribution >= 4 is 11.7 Å². The molecule has 1 aliphatic carbocycles. The molecule has 0 radical (unpaired) electrons. The van der Waals surface area contributed by atoms with E-state index in [9.17, 15) is 9.59 Å². The van der Waals surface area contributed by atoms with Crippen molar-refractivity contribution in [1.82, 2.24) is 4.90 Å². The zero-order valence-electron chi connectivity index (χ0n) is 12.2. The molecule has 22 heavy (non-hydrogen) atoms. The van der Waals surface area contributed by atoms with Crippen LogP contribution in [0.5, 0.6) is 11.5 Å². The summed E-state index contributed by atoms with van der Waals surface area (Å²) in [5.41, 5.74) is 0.537.